The number of hydrogen-bond acceptors (Lipinski definition) is 7. The lowest BCUT2D eigenvalue weighted by molar-refractivity contribution is 0.581. The van der Waals surface area contributed by atoms with Gasteiger partial charge in [0.1, 0.15) is 10.7 Å². The smallest absolute Gasteiger partial charge is 0.260 e. The predicted molar refractivity (Wildman–Crippen MR) is 104 cm³/mol. The minimum atomic E-state index is -0.170. The molecule has 0 aliphatic rings. The highest BCUT2D eigenvalue weighted by Crippen LogP contribution is 2.35. The lowest BCUT2D eigenvalue weighted by Gasteiger charge is -2.04. The maximum Gasteiger partial charge on any atom is 0.260 e. The Hall–Kier alpha value is -2.23. The zero-order chi connectivity index (χ0) is 18.1. The Bertz CT molecular complexity index is 1140. The maximum absolute atomic E-state index is 12.7. The molecule has 4 rings (SSSR count). The Kier molecular flexibility index (Phi) is 4.75. The van der Waals surface area contributed by atoms with Crippen LogP contribution in [0, 0.1) is 0 Å². The number of aromatic nitrogens is 6. The number of tetrazole rings is 1. The molecule has 4 aromatic rings. The molecular weight excluding hydrogens is 392 g/mol. The number of halogens is 1. The number of hydrogen-bond donors (Lipinski definition) is 1. The molecular formula is C16H13ClN6OS2. The fourth-order valence-corrected chi connectivity index (χ4v) is 4.58. The van der Waals surface area contributed by atoms with Gasteiger partial charge in [-0.2, -0.15) is 0 Å². The largest absolute Gasteiger partial charge is 0.309 e. The van der Waals surface area contributed by atoms with E-state index >= 15 is 0 Å². The van der Waals surface area contributed by atoms with Gasteiger partial charge in [0.25, 0.3) is 5.56 Å². The summed E-state index contributed by atoms with van der Waals surface area (Å²) in [6.07, 6.45) is 0. The van der Waals surface area contributed by atoms with Crippen molar-refractivity contribution in [1.29, 1.82) is 0 Å². The first kappa shape index (κ1) is 17.2. The van der Waals surface area contributed by atoms with Crippen molar-refractivity contribution in [3.63, 3.8) is 0 Å². The quantitative estimate of drug-likeness (QED) is 0.511. The van der Waals surface area contributed by atoms with Crippen LogP contribution in [0.4, 0.5) is 0 Å². The lowest BCUT2D eigenvalue weighted by Crippen LogP contribution is -2.11. The van der Waals surface area contributed by atoms with Crippen molar-refractivity contribution in [2.45, 2.75) is 24.4 Å². The van der Waals surface area contributed by atoms with Gasteiger partial charge in [-0.15, -0.1) is 16.4 Å². The second kappa shape index (κ2) is 7.18. The average molecular weight is 405 g/mol. The van der Waals surface area contributed by atoms with Gasteiger partial charge in [0.05, 0.1) is 11.1 Å². The monoisotopic (exact) mass is 404 g/mol. The number of aromatic amines is 1. The predicted octanol–water partition coefficient (Wildman–Crippen LogP) is 3.60. The molecule has 0 aliphatic carbocycles. The van der Waals surface area contributed by atoms with Crippen LogP contribution in [-0.2, 0) is 12.3 Å². The summed E-state index contributed by atoms with van der Waals surface area (Å²) >= 11 is 9.15. The van der Waals surface area contributed by atoms with Crippen molar-refractivity contribution in [2.75, 3.05) is 0 Å². The van der Waals surface area contributed by atoms with Gasteiger partial charge in [-0.1, -0.05) is 41.6 Å². The van der Waals surface area contributed by atoms with Crippen molar-refractivity contribution in [3.8, 4) is 11.1 Å². The van der Waals surface area contributed by atoms with Crippen molar-refractivity contribution in [2.24, 2.45) is 0 Å². The average Bonchev–Trinajstić information content (AvgIpc) is 3.27. The van der Waals surface area contributed by atoms with E-state index in [0.29, 0.717) is 38.5 Å². The van der Waals surface area contributed by atoms with Crippen LogP contribution in [0.15, 0.2) is 39.6 Å². The Labute approximate surface area is 161 Å². The van der Waals surface area contributed by atoms with E-state index in [1.807, 2.05) is 36.6 Å². The molecule has 0 bridgehead atoms. The van der Waals surface area contributed by atoms with Crippen LogP contribution in [0.2, 0.25) is 5.02 Å². The third kappa shape index (κ3) is 3.13. The summed E-state index contributed by atoms with van der Waals surface area (Å²) < 4.78 is 1.70. The minimum Gasteiger partial charge on any atom is -0.309 e. The molecule has 0 spiro atoms. The molecule has 0 unspecified atom stereocenters. The van der Waals surface area contributed by atoms with Crippen molar-refractivity contribution in [3.05, 3.63) is 50.8 Å². The third-order valence-electron chi connectivity index (χ3n) is 3.79. The first-order valence-electron chi connectivity index (χ1n) is 7.81. The van der Waals surface area contributed by atoms with E-state index in [1.165, 1.54) is 23.1 Å². The van der Waals surface area contributed by atoms with Crippen LogP contribution in [0.5, 0.6) is 0 Å². The molecule has 0 saturated carbocycles. The molecule has 0 amide bonds. The number of nitrogens with one attached hydrogen (secondary N) is 1. The van der Waals surface area contributed by atoms with Gasteiger partial charge in [-0.3, -0.25) is 4.79 Å². The number of rotatable bonds is 5. The third-order valence-corrected chi connectivity index (χ3v) is 5.96. The Balaban J connectivity index is 1.68. The van der Waals surface area contributed by atoms with Crippen molar-refractivity contribution >= 4 is 44.9 Å². The number of benzene rings is 1. The lowest BCUT2D eigenvalue weighted by atomic mass is 10.1. The van der Waals surface area contributed by atoms with Crippen molar-refractivity contribution in [1.82, 2.24) is 30.2 Å². The van der Waals surface area contributed by atoms with E-state index in [9.17, 15) is 4.79 Å². The minimum absolute atomic E-state index is 0.170. The first-order valence-corrected chi connectivity index (χ1v) is 10.1. The van der Waals surface area contributed by atoms with E-state index in [-0.39, 0.29) is 5.56 Å². The van der Waals surface area contributed by atoms with Crippen LogP contribution in [0.3, 0.4) is 0 Å². The van der Waals surface area contributed by atoms with Crippen LogP contribution in [0.25, 0.3) is 21.3 Å². The standard InChI is InChI=1S/C16H13ClN6OS2/c1-2-23-16(20-21-22-23)26-8-12-18-14(24)13-10(7-25-15(13)19-12)9-5-3-4-6-11(9)17/h3-7H,2,8H2,1H3,(H,18,19,24). The molecule has 0 saturated heterocycles. The Morgan fingerprint density at radius 2 is 2.15 bits per heavy atom. The zero-order valence-electron chi connectivity index (χ0n) is 13.6. The zero-order valence-corrected chi connectivity index (χ0v) is 16.0. The molecule has 0 fully saturated rings. The van der Waals surface area contributed by atoms with Gasteiger partial charge < -0.3 is 4.98 Å². The van der Waals surface area contributed by atoms with Gasteiger partial charge >= 0.3 is 0 Å². The molecule has 1 aromatic carbocycles. The van der Waals surface area contributed by atoms with Crippen LogP contribution < -0.4 is 5.56 Å². The van der Waals surface area contributed by atoms with E-state index in [4.69, 9.17) is 11.6 Å². The van der Waals surface area contributed by atoms with Crippen LogP contribution >= 0.6 is 34.7 Å². The van der Waals surface area contributed by atoms with Crippen LogP contribution in [-0.4, -0.2) is 30.2 Å². The van der Waals surface area contributed by atoms with Gasteiger partial charge in [0.15, 0.2) is 0 Å². The first-order chi connectivity index (χ1) is 12.7. The highest BCUT2D eigenvalue weighted by atomic mass is 35.5. The SMILES string of the molecule is CCn1nnnc1SCc1nc2scc(-c3ccccc3Cl)c2c(=O)[nH]1. The molecule has 26 heavy (non-hydrogen) atoms. The Morgan fingerprint density at radius 3 is 2.96 bits per heavy atom. The van der Waals surface area contributed by atoms with E-state index < -0.39 is 0 Å². The van der Waals surface area contributed by atoms with Gasteiger partial charge in [-0.25, -0.2) is 9.67 Å². The molecule has 7 nitrogen and oxygen atoms in total. The highest BCUT2D eigenvalue weighted by molar-refractivity contribution is 7.98. The van der Waals surface area contributed by atoms with E-state index in [0.717, 1.165) is 11.1 Å². The van der Waals surface area contributed by atoms with Crippen LogP contribution in [0.1, 0.15) is 12.7 Å². The molecule has 0 aliphatic heterocycles. The van der Waals surface area contributed by atoms with E-state index in [2.05, 4.69) is 25.5 Å². The molecule has 3 heterocycles. The molecule has 0 radical (unpaired) electrons. The fourth-order valence-electron chi connectivity index (χ4n) is 2.57. The normalized spacial score (nSPS) is 11.3. The number of aryl methyl sites for hydroxylation is 1. The summed E-state index contributed by atoms with van der Waals surface area (Å²) in [5.74, 6) is 1.07. The van der Waals surface area contributed by atoms with Gasteiger partial charge in [-0.05, 0) is 23.4 Å². The van der Waals surface area contributed by atoms with E-state index in [1.54, 1.807) is 4.68 Å². The number of H-pyrrole nitrogens is 1. The maximum atomic E-state index is 12.7. The van der Waals surface area contributed by atoms with Gasteiger partial charge in [0, 0.05) is 28.1 Å². The number of fused-ring (bicyclic) bond motifs is 1. The molecule has 10 heteroatoms. The summed E-state index contributed by atoms with van der Waals surface area (Å²) in [7, 11) is 0. The number of nitrogens with zero attached hydrogens (tertiary/aromatic N) is 5. The van der Waals surface area contributed by atoms with Crippen molar-refractivity contribution < 1.29 is 0 Å². The molecule has 0 atom stereocenters. The number of thiophene rings is 1. The second-order valence-corrected chi connectivity index (χ2v) is 7.60. The molecule has 1 N–H and O–H groups in total. The topological polar surface area (TPSA) is 89.3 Å². The molecule has 3 aromatic heterocycles. The summed E-state index contributed by atoms with van der Waals surface area (Å²) in [4.78, 5) is 20.8. The fraction of sp³-hybridized carbons (Fsp3) is 0.188. The summed E-state index contributed by atoms with van der Waals surface area (Å²) in [6, 6.07) is 7.47. The number of thioether (sulfide) groups is 1. The molecule has 132 valence electrons. The second-order valence-electron chi connectivity index (χ2n) is 5.39. The summed E-state index contributed by atoms with van der Waals surface area (Å²) in [5, 5.41) is 15.3. The Morgan fingerprint density at radius 1 is 1.31 bits per heavy atom. The highest BCUT2D eigenvalue weighted by Gasteiger charge is 2.15. The summed E-state index contributed by atoms with van der Waals surface area (Å²) in [6.45, 7) is 2.65. The summed E-state index contributed by atoms with van der Waals surface area (Å²) in [5.41, 5.74) is 1.47. The van der Waals surface area contributed by atoms with Gasteiger partial charge in [0.2, 0.25) is 5.16 Å².